The second-order valence-corrected chi connectivity index (χ2v) is 8.30. The molecule has 11 heteroatoms. The van der Waals surface area contributed by atoms with Gasteiger partial charge in [-0.1, -0.05) is 0 Å². The van der Waals surface area contributed by atoms with Crippen LogP contribution in [0.1, 0.15) is 12.6 Å². The summed E-state index contributed by atoms with van der Waals surface area (Å²) in [7, 11) is 0. The Hall–Kier alpha value is -3.15. The van der Waals surface area contributed by atoms with Gasteiger partial charge in [0, 0.05) is 68.2 Å². The zero-order valence-electron chi connectivity index (χ0n) is 16.9. The quantitative estimate of drug-likeness (QED) is 0.457. The van der Waals surface area contributed by atoms with Gasteiger partial charge < -0.3 is 5.32 Å². The molecule has 0 radical (unpaired) electrons. The number of hydrogen-bond donors (Lipinski definition) is 1. The molecule has 2 aromatic heterocycles. The van der Waals surface area contributed by atoms with E-state index in [1.165, 1.54) is 40.0 Å². The van der Waals surface area contributed by atoms with Gasteiger partial charge in [0.1, 0.15) is 0 Å². The maximum Gasteiger partial charge on any atom is 0.269 e. The highest BCUT2D eigenvalue weighted by molar-refractivity contribution is 7.15. The van der Waals surface area contributed by atoms with Crippen LogP contribution in [0, 0.1) is 10.1 Å². The number of hydrogen-bond acceptors (Lipinski definition) is 8. The predicted octanol–water partition coefficient (Wildman–Crippen LogP) is 1.81. The Balaban J connectivity index is 1.30. The maximum absolute atomic E-state index is 12.6. The summed E-state index contributed by atoms with van der Waals surface area (Å²) >= 11 is 1.44. The normalized spacial score (nSPS) is 16.3. The Morgan fingerprint density at radius 1 is 1.26 bits per heavy atom. The summed E-state index contributed by atoms with van der Waals surface area (Å²) < 4.78 is 1.54. The minimum absolute atomic E-state index is 0.0161. The number of carbonyl (C=O) groups is 1. The number of amides is 1. The standard InChI is InChI=1S/C20H22N6O4S/c1-14(19(28)21-15-2-4-17(5-3-15)26(29)30)24-8-6-23(7-9-24)13-16-12-18(27)25-10-11-31-20(25)22-16/h2-5,10-12,14H,6-9,13H2,1H3,(H,21,28). The molecule has 162 valence electrons. The molecule has 0 spiro atoms. The molecule has 4 rings (SSSR count). The zero-order chi connectivity index (χ0) is 22.0. The molecule has 1 atom stereocenters. The molecule has 31 heavy (non-hydrogen) atoms. The second-order valence-electron chi connectivity index (χ2n) is 7.42. The number of nitrogens with zero attached hydrogens (tertiary/aromatic N) is 5. The van der Waals surface area contributed by atoms with Crippen molar-refractivity contribution in [2.75, 3.05) is 31.5 Å². The lowest BCUT2D eigenvalue weighted by molar-refractivity contribution is -0.384. The van der Waals surface area contributed by atoms with Crippen molar-refractivity contribution < 1.29 is 9.72 Å². The van der Waals surface area contributed by atoms with Crippen LogP contribution in [-0.2, 0) is 11.3 Å². The van der Waals surface area contributed by atoms with Crippen molar-refractivity contribution in [2.45, 2.75) is 19.5 Å². The van der Waals surface area contributed by atoms with Gasteiger partial charge in [-0.25, -0.2) is 4.98 Å². The highest BCUT2D eigenvalue weighted by Crippen LogP contribution is 2.17. The van der Waals surface area contributed by atoms with Crippen molar-refractivity contribution in [1.29, 1.82) is 0 Å². The molecular formula is C20H22N6O4S. The Morgan fingerprint density at radius 2 is 1.97 bits per heavy atom. The molecule has 1 aromatic carbocycles. The Bertz CT molecular complexity index is 1150. The highest BCUT2D eigenvalue weighted by atomic mass is 32.1. The summed E-state index contributed by atoms with van der Waals surface area (Å²) in [5, 5.41) is 15.4. The van der Waals surface area contributed by atoms with Gasteiger partial charge in [-0.3, -0.25) is 33.9 Å². The third kappa shape index (κ3) is 4.79. The number of anilines is 1. The van der Waals surface area contributed by atoms with Crippen LogP contribution in [0.3, 0.4) is 0 Å². The summed E-state index contributed by atoms with van der Waals surface area (Å²) in [5.74, 6) is -0.153. The van der Waals surface area contributed by atoms with Crippen LogP contribution in [0.4, 0.5) is 11.4 Å². The molecule has 1 unspecified atom stereocenters. The number of nitro groups is 1. The first-order valence-electron chi connectivity index (χ1n) is 9.88. The molecule has 1 saturated heterocycles. The average molecular weight is 443 g/mol. The molecule has 1 aliphatic heterocycles. The lowest BCUT2D eigenvalue weighted by Crippen LogP contribution is -2.52. The van der Waals surface area contributed by atoms with Crippen LogP contribution in [0.15, 0.2) is 46.7 Å². The molecule has 1 fully saturated rings. The van der Waals surface area contributed by atoms with E-state index in [2.05, 4.69) is 20.1 Å². The van der Waals surface area contributed by atoms with Gasteiger partial charge in [0.2, 0.25) is 5.91 Å². The molecule has 1 N–H and O–H groups in total. The number of nitro benzene ring substituents is 1. The summed E-state index contributed by atoms with van der Waals surface area (Å²) in [6, 6.07) is 7.04. The van der Waals surface area contributed by atoms with E-state index in [9.17, 15) is 19.7 Å². The molecule has 0 aliphatic carbocycles. The number of benzene rings is 1. The molecule has 3 aromatic rings. The van der Waals surface area contributed by atoms with Crippen molar-refractivity contribution in [3.8, 4) is 0 Å². The van der Waals surface area contributed by atoms with Crippen molar-refractivity contribution in [3.05, 3.63) is 68.1 Å². The monoisotopic (exact) mass is 442 g/mol. The number of nitrogens with one attached hydrogen (secondary N) is 1. The van der Waals surface area contributed by atoms with Crippen molar-refractivity contribution in [2.24, 2.45) is 0 Å². The SMILES string of the molecule is CC(C(=O)Nc1ccc([N+](=O)[O-])cc1)N1CCN(Cc2cc(=O)n3ccsc3n2)CC1. The van der Waals surface area contributed by atoms with Crippen molar-refractivity contribution >= 4 is 33.6 Å². The van der Waals surface area contributed by atoms with Crippen LogP contribution < -0.4 is 10.9 Å². The fourth-order valence-electron chi connectivity index (χ4n) is 3.59. The minimum Gasteiger partial charge on any atom is -0.325 e. The summed E-state index contributed by atoms with van der Waals surface area (Å²) in [6.07, 6.45) is 1.72. The van der Waals surface area contributed by atoms with Crippen LogP contribution in [0.5, 0.6) is 0 Å². The Kier molecular flexibility index (Phi) is 6.07. The number of fused-ring (bicyclic) bond motifs is 1. The van der Waals surface area contributed by atoms with Gasteiger partial charge in [-0.15, -0.1) is 11.3 Å². The van der Waals surface area contributed by atoms with Gasteiger partial charge in [-0.2, -0.15) is 0 Å². The molecule has 0 bridgehead atoms. The van der Waals surface area contributed by atoms with Crippen LogP contribution in [-0.4, -0.2) is 62.2 Å². The summed E-state index contributed by atoms with van der Waals surface area (Å²) in [4.78, 5) is 44.6. The molecule has 10 nitrogen and oxygen atoms in total. The summed E-state index contributed by atoms with van der Waals surface area (Å²) in [6.45, 7) is 5.41. The van der Waals surface area contributed by atoms with E-state index in [1.54, 1.807) is 12.3 Å². The minimum atomic E-state index is -0.474. The van der Waals surface area contributed by atoms with Crippen molar-refractivity contribution in [3.63, 3.8) is 0 Å². The predicted molar refractivity (Wildman–Crippen MR) is 117 cm³/mol. The van der Waals surface area contributed by atoms with Gasteiger partial charge in [0.05, 0.1) is 16.7 Å². The van der Waals surface area contributed by atoms with E-state index in [0.29, 0.717) is 17.2 Å². The Labute approximate surface area is 181 Å². The molecule has 1 amide bonds. The van der Waals surface area contributed by atoms with Gasteiger partial charge >= 0.3 is 0 Å². The average Bonchev–Trinajstić information content (AvgIpc) is 3.23. The van der Waals surface area contributed by atoms with Gasteiger partial charge in [-0.05, 0) is 19.1 Å². The number of non-ortho nitro benzene ring substituents is 1. The Morgan fingerprint density at radius 3 is 2.65 bits per heavy atom. The largest absolute Gasteiger partial charge is 0.325 e. The van der Waals surface area contributed by atoms with E-state index in [0.717, 1.165) is 31.9 Å². The van der Waals surface area contributed by atoms with Gasteiger partial charge in [0.15, 0.2) is 4.96 Å². The molecule has 1 aliphatic rings. The van der Waals surface area contributed by atoms with E-state index < -0.39 is 4.92 Å². The lowest BCUT2D eigenvalue weighted by Gasteiger charge is -2.37. The van der Waals surface area contributed by atoms with E-state index in [-0.39, 0.29) is 23.2 Å². The fraction of sp³-hybridized carbons (Fsp3) is 0.350. The third-order valence-electron chi connectivity index (χ3n) is 5.42. The maximum atomic E-state index is 12.6. The molecule has 3 heterocycles. The first-order valence-corrected chi connectivity index (χ1v) is 10.8. The van der Waals surface area contributed by atoms with Crippen molar-refractivity contribution in [1.82, 2.24) is 19.2 Å². The van der Waals surface area contributed by atoms with Crippen LogP contribution >= 0.6 is 11.3 Å². The fourth-order valence-corrected chi connectivity index (χ4v) is 4.32. The number of rotatable bonds is 6. The summed E-state index contributed by atoms with van der Waals surface area (Å²) in [5.41, 5.74) is 1.20. The number of carbonyl (C=O) groups excluding carboxylic acids is 1. The van der Waals surface area contributed by atoms with Crippen LogP contribution in [0.2, 0.25) is 0 Å². The number of piperazine rings is 1. The topological polar surface area (TPSA) is 113 Å². The molecule has 0 saturated carbocycles. The number of thiazole rings is 1. The second kappa shape index (κ2) is 8.92. The van der Waals surface area contributed by atoms with Crippen LogP contribution in [0.25, 0.3) is 4.96 Å². The van der Waals surface area contributed by atoms with E-state index in [4.69, 9.17) is 0 Å². The number of aromatic nitrogens is 2. The zero-order valence-corrected chi connectivity index (χ0v) is 17.7. The van der Waals surface area contributed by atoms with E-state index >= 15 is 0 Å². The smallest absolute Gasteiger partial charge is 0.269 e. The third-order valence-corrected chi connectivity index (χ3v) is 6.18. The van der Waals surface area contributed by atoms with E-state index in [1.807, 2.05) is 12.3 Å². The first-order chi connectivity index (χ1) is 14.9. The molecular weight excluding hydrogens is 420 g/mol. The lowest BCUT2D eigenvalue weighted by atomic mass is 10.2. The first kappa shape index (κ1) is 21.1. The van der Waals surface area contributed by atoms with Gasteiger partial charge in [0.25, 0.3) is 11.2 Å². The highest BCUT2D eigenvalue weighted by Gasteiger charge is 2.26.